The molecule has 1 aromatic carbocycles. The van der Waals surface area contributed by atoms with Crippen molar-refractivity contribution in [2.45, 2.75) is 58.0 Å². The van der Waals surface area contributed by atoms with E-state index >= 15 is 0 Å². The first-order valence-electron chi connectivity index (χ1n) is 8.17. The Labute approximate surface area is 134 Å². The molecule has 1 atom stereocenters. The second kappa shape index (κ2) is 7.90. The van der Waals surface area contributed by atoms with Gasteiger partial charge in [0.15, 0.2) is 0 Å². The molecule has 3 heteroatoms. The van der Waals surface area contributed by atoms with Gasteiger partial charge in [0.1, 0.15) is 0 Å². The fourth-order valence-electron chi connectivity index (χ4n) is 3.48. The largest absolute Gasteiger partial charge is 0.393 e. The van der Waals surface area contributed by atoms with Crippen molar-refractivity contribution in [3.8, 4) is 0 Å². The monoisotopic (exact) mass is 304 g/mol. The van der Waals surface area contributed by atoms with Crippen molar-refractivity contribution in [2.24, 2.45) is 11.7 Å². The first-order chi connectivity index (χ1) is 10.1. The Morgan fingerprint density at radius 2 is 1.86 bits per heavy atom. The van der Waals surface area contributed by atoms with E-state index in [-0.39, 0.29) is 0 Å². The molecule has 0 aliphatic heterocycles. The molecule has 2 rings (SSSR count). The molecule has 0 heterocycles. The molecule has 1 aromatic rings. The quantitative estimate of drug-likeness (QED) is 0.761. The lowest BCUT2D eigenvalue weighted by Crippen LogP contribution is -2.40. The maximum absolute atomic E-state index is 5.90. The van der Waals surface area contributed by atoms with Crippen molar-refractivity contribution in [3.63, 3.8) is 0 Å². The first kappa shape index (κ1) is 16.4. The van der Waals surface area contributed by atoms with E-state index in [2.05, 4.69) is 49.1 Å². The summed E-state index contributed by atoms with van der Waals surface area (Å²) in [5, 5.41) is 0. The minimum atomic E-state index is 0.328. The van der Waals surface area contributed by atoms with Crippen LogP contribution in [0.4, 0.5) is 0 Å². The molecule has 2 nitrogen and oxygen atoms in total. The Morgan fingerprint density at radius 1 is 1.24 bits per heavy atom. The third kappa shape index (κ3) is 4.79. The lowest BCUT2D eigenvalue weighted by Gasteiger charge is -2.38. The van der Waals surface area contributed by atoms with Crippen LogP contribution in [0.5, 0.6) is 0 Å². The highest BCUT2D eigenvalue weighted by molar-refractivity contribution is 7.80. The van der Waals surface area contributed by atoms with Crippen LogP contribution in [-0.2, 0) is 0 Å². The zero-order valence-corrected chi connectivity index (χ0v) is 14.1. The van der Waals surface area contributed by atoms with Gasteiger partial charge >= 0.3 is 0 Å². The van der Waals surface area contributed by atoms with E-state index in [9.17, 15) is 0 Å². The summed E-state index contributed by atoms with van der Waals surface area (Å²) in [6.07, 6.45) is 6.12. The average Bonchev–Trinajstić information content (AvgIpc) is 2.97. The van der Waals surface area contributed by atoms with E-state index in [1.165, 1.54) is 31.2 Å². The molecule has 2 N–H and O–H groups in total. The van der Waals surface area contributed by atoms with Crippen LogP contribution in [0.25, 0.3) is 0 Å². The normalized spacial score (nSPS) is 17.5. The van der Waals surface area contributed by atoms with Gasteiger partial charge in [-0.05, 0) is 24.3 Å². The van der Waals surface area contributed by atoms with E-state index < -0.39 is 0 Å². The summed E-state index contributed by atoms with van der Waals surface area (Å²) in [7, 11) is 0. The summed E-state index contributed by atoms with van der Waals surface area (Å²) >= 11 is 5.23. The van der Waals surface area contributed by atoms with Crippen LogP contribution in [0.3, 0.4) is 0 Å². The Hall–Kier alpha value is -0.930. The maximum atomic E-state index is 5.90. The van der Waals surface area contributed by atoms with Crippen molar-refractivity contribution >= 4 is 17.2 Å². The molecule has 0 saturated heterocycles. The number of hydrogen-bond donors (Lipinski definition) is 1. The summed E-state index contributed by atoms with van der Waals surface area (Å²) in [4.78, 5) is 3.29. The molecule has 1 saturated carbocycles. The van der Waals surface area contributed by atoms with E-state index in [0.29, 0.717) is 23.0 Å². The fraction of sp³-hybridized carbons (Fsp3) is 0.611. The third-order valence-electron chi connectivity index (χ3n) is 4.35. The van der Waals surface area contributed by atoms with Gasteiger partial charge in [0.25, 0.3) is 0 Å². The summed E-state index contributed by atoms with van der Waals surface area (Å²) in [5.74, 6) is 0.656. The van der Waals surface area contributed by atoms with Crippen LogP contribution < -0.4 is 5.73 Å². The van der Waals surface area contributed by atoms with Gasteiger partial charge in [-0.25, -0.2) is 0 Å². The smallest absolute Gasteiger partial charge is 0.0746 e. The predicted octanol–water partition coefficient (Wildman–Crippen LogP) is 4.30. The first-order valence-corrected chi connectivity index (χ1v) is 8.57. The number of nitrogens with zero attached hydrogens (tertiary/aromatic N) is 1. The summed E-state index contributed by atoms with van der Waals surface area (Å²) in [6.45, 7) is 5.71. The number of hydrogen-bond acceptors (Lipinski definition) is 2. The van der Waals surface area contributed by atoms with Gasteiger partial charge in [0, 0.05) is 25.0 Å². The van der Waals surface area contributed by atoms with Crippen LogP contribution in [0.2, 0.25) is 0 Å². The average molecular weight is 305 g/mol. The molecule has 1 fully saturated rings. The van der Waals surface area contributed by atoms with E-state index in [0.717, 1.165) is 13.0 Å². The Kier molecular flexibility index (Phi) is 6.19. The van der Waals surface area contributed by atoms with Gasteiger partial charge in [-0.2, -0.15) is 0 Å². The lowest BCUT2D eigenvalue weighted by atomic mass is 9.98. The fourth-order valence-corrected chi connectivity index (χ4v) is 3.64. The molecule has 1 aliphatic rings. The van der Waals surface area contributed by atoms with Crippen molar-refractivity contribution in [3.05, 3.63) is 35.9 Å². The minimum absolute atomic E-state index is 0.328. The van der Waals surface area contributed by atoms with Crippen molar-refractivity contribution in [1.29, 1.82) is 0 Å². The van der Waals surface area contributed by atoms with E-state index in [4.69, 9.17) is 18.0 Å². The minimum Gasteiger partial charge on any atom is -0.393 e. The molecule has 0 aromatic heterocycles. The molecule has 1 aliphatic carbocycles. The molecule has 116 valence electrons. The van der Waals surface area contributed by atoms with Crippen molar-refractivity contribution < 1.29 is 0 Å². The Balaban J connectivity index is 2.26. The highest BCUT2D eigenvalue weighted by atomic mass is 32.1. The van der Waals surface area contributed by atoms with Crippen LogP contribution in [-0.4, -0.2) is 22.5 Å². The van der Waals surface area contributed by atoms with E-state index in [1.807, 2.05) is 0 Å². The van der Waals surface area contributed by atoms with Gasteiger partial charge in [-0.15, -0.1) is 0 Å². The highest BCUT2D eigenvalue weighted by Gasteiger charge is 2.30. The molecule has 21 heavy (non-hydrogen) atoms. The Bertz CT molecular complexity index is 438. The second-order valence-corrected chi connectivity index (χ2v) is 7.15. The van der Waals surface area contributed by atoms with E-state index in [1.54, 1.807) is 0 Å². The van der Waals surface area contributed by atoms with Gasteiger partial charge in [-0.1, -0.05) is 69.2 Å². The molecule has 1 unspecified atom stereocenters. The number of benzene rings is 1. The Morgan fingerprint density at radius 3 is 2.38 bits per heavy atom. The van der Waals surface area contributed by atoms with Crippen LogP contribution in [0, 0.1) is 5.92 Å². The van der Waals surface area contributed by atoms with Crippen LogP contribution in [0.15, 0.2) is 30.3 Å². The summed E-state index contributed by atoms with van der Waals surface area (Å²) in [5.41, 5.74) is 7.25. The van der Waals surface area contributed by atoms with Crippen LogP contribution in [0.1, 0.15) is 57.6 Å². The van der Waals surface area contributed by atoms with Crippen molar-refractivity contribution in [2.75, 3.05) is 6.54 Å². The second-order valence-electron chi connectivity index (χ2n) is 6.63. The standard InChI is InChI=1S/C18H28N2S/c1-14(2)13-20(16-10-6-7-11-16)17(12-18(19)21)15-8-4-3-5-9-15/h3-5,8-9,14,16-17H,6-7,10-13H2,1-2H3,(H2,19,21). The summed E-state index contributed by atoms with van der Waals surface area (Å²) < 4.78 is 0. The van der Waals surface area contributed by atoms with Gasteiger partial charge in [0.2, 0.25) is 0 Å². The number of thiocarbonyl (C=S) groups is 1. The molecule has 0 amide bonds. The zero-order valence-electron chi connectivity index (χ0n) is 13.3. The SMILES string of the molecule is CC(C)CN(C1CCCC1)C(CC(N)=S)c1ccccc1. The highest BCUT2D eigenvalue weighted by Crippen LogP contribution is 2.33. The predicted molar refractivity (Wildman–Crippen MR) is 94.4 cm³/mol. The maximum Gasteiger partial charge on any atom is 0.0746 e. The van der Waals surface area contributed by atoms with Crippen molar-refractivity contribution in [1.82, 2.24) is 4.90 Å². The van der Waals surface area contributed by atoms with Gasteiger partial charge in [0.05, 0.1) is 4.99 Å². The molecule has 0 spiro atoms. The number of rotatable bonds is 7. The van der Waals surface area contributed by atoms with Gasteiger partial charge < -0.3 is 5.73 Å². The van der Waals surface area contributed by atoms with Crippen LogP contribution >= 0.6 is 12.2 Å². The molecule has 0 bridgehead atoms. The molecular weight excluding hydrogens is 276 g/mol. The topological polar surface area (TPSA) is 29.3 Å². The molecular formula is C18H28N2S. The lowest BCUT2D eigenvalue weighted by molar-refractivity contribution is 0.121. The third-order valence-corrected chi connectivity index (χ3v) is 4.52. The van der Waals surface area contributed by atoms with Gasteiger partial charge in [-0.3, -0.25) is 4.90 Å². The summed E-state index contributed by atoms with van der Waals surface area (Å²) in [6, 6.07) is 11.7. The zero-order chi connectivity index (χ0) is 15.2. The molecule has 0 radical (unpaired) electrons. The number of nitrogens with two attached hydrogens (primary N) is 1.